The number of likely N-dealkylation sites (N-methyl/N-ethyl adjacent to an activating group) is 1. The van der Waals surface area contributed by atoms with Crippen LogP contribution in [0.5, 0.6) is 11.5 Å². The molecule has 5 heteroatoms. The Bertz CT molecular complexity index is 420. The number of fused-ring (bicyclic) bond motifs is 1. The monoisotopic (exact) mass is 236 g/mol. The molecule has 1 aliphatic heterocycles. The fourth-order valence-corrected chi connectivity index (χ4v) is 1.69. The topological polar surface area (TPSA) is 50.8 Å². The van der Waals surface area contributed by atoms with Crippen LogP contribution >= 0.6 is 0 Å². The number of urea groups is 1. The highest BCUT2D eigenvalue weighted by molar-refractivity contribution is 5.73. The van der Waals surface area contributed by atoms with Crippen LogP contribution in [0.3, 0.4) is 0 Å². The second-order valence-corrected chi connectivity index (χ2v) is 3.91. The number of hydrogen-bond donors (Lipinski definition) is 1. The maximum absolute atomic E-state index is 11.3. The molecular weight excluding hydrogens is 220 g/mol. The first-order valence-electron chi connectivity index (χ1n) is 5.52. The average Bonchev–Trinajstić information content (AvgIpc) is 2.82. The number of carbonyl (C=O) groups excluding carboxylic acids is 1. The van der Waals surface area contributed by atoms with Gasteiger partial charge in [-0.2, -0.15) is 0 Å². The van der Waals surface area contributed by atoms with Gasteiger partial charge in [-0.25, -0.2) is 4.79 Å². The second-order valence-electron chi connectivity index (χ2n) is 3.91. The fraction of sp³-hybridized carbons (Fsp3) is 0.417. The average molecular weight is 236 g/mol. The van der Waals surface area contributed by atoms with E-state index in [-0.39, 0.29) is 12.8 Å². The summed E-state index contributed by atoms with van der Waals surface area (Å²) in [6, 6.07) is 5.77. The van der Waals surface area contributed by atoms with Crippen LogP contribution in [0.25, 0.3) is 0 Å². The minimum Gasteiger partial charge on any atom is -0.454 e. The van der Waals surface area contributed by atoms with E-state index in [2.05, 4.69) is 5.32 Å². The smallest absolute Gasteiger partial charge is 0.316 e. The van der Waals surface area contributed by atoms with Crippen LogP contribution in [0, 0.1) is 0 Å². The van der Waals surface area contributed by atoms with E-state index in [9.17, 15) is 4.79 Å². The zero-order valence-corrected chi connectivity index (χ0v) is 10.0. The highest BCUT2D eigenvalue weighted by atomic mass is 16.7. The number of carbonyl (C=O) groups is 1. The molecule has 17 heavy (non-hydrogen) atoms. The van der Waals surface area contributed by atoms with Gasteiger partial charge in [0, 0.05) is 20.6 Å². The molecule has 1 heterocycles. The molecule has 0 saturated heterocycles. The molecule has 5 nitrogen and oxygen atoms in total. The zero-order chi connectivity index (χ0) is 12.3. The van der Waals surface area contributed by atoms with E-state index >= 15 is 0 Å². The van der Waals surface area contributed by atoms with Crippen LogP contribution < -0.4 is 14.8 Å². The summed E-state index contributed by atoms with van der Waals surface area (Å²) >= 11 is 0. The third-order valence-corrected chi connectivity index (χ3v) is 2.73. The van der Waals surface area contributed by atoms with Gasteiger partial charge in [0.2, 0.25) is 6.79 Å². The number of benzene rings is 1. The summed E-state index contributed by atoms with van der Waals surface area (Å²) in [5.74, 6) is 1.57. The van der Waals surface area contributed by atoms with Crippen molar-refractivity contribution in [2.24, 2.45) is 0 Å². The van der Waals surface area contributed by atoms with Crippen molar-refractivity contribution in [1.82, 2.24) is 10.2 Å². The summed E-state index contributed by atoms with van der Waals surface area (Å²) in [5.41, 5.74) is 1.13. The molecule has 0 radical (unpaired) electrons. The highest BCUT2D eigenvalue weighted by Crippen LogP contribution is 2.32. The van der Waals surface area contributed by atoms with Crippen LogP contribution in [0.15, 0.2) is 18.2 Å². The molecular formula is C12H16N2O3. The Morgan fingerprint density at radius 3 is 2.94 bits per heavy atom. The van der Waals surface area contributed by atoms with E-state index in [1.165, 1.54) is 0 Å². The number of ether oxygens (including phenoxy) is 2. The molecule has 2 rings (SSSR count). The van der Waals surface area contributed by atoms with Crippen molar-refractivity contribution in [2.45, 2.75) is 6.42 Å². The largest absolute Gasteiger partial charge is 0.454 e. The van der Waals surface area contributed by atoms with Crippen LogP contribution in [-0.2, 0) is 6.42 Å². The molecule has 0 saturated carbocycles. The van der Waals surface area contributed by atoms with Gasteiger partial charge in [0.1, 0.15) is 0 Å². The van der Waals surface area contributed by atoms with E-state index < -0.39 is 0 Å². The van der Waals surface area contributed by atoms with E-state index in [0.29, 0.717) is 6.54 Å². The lowest BCUT2D eigenvalue weighted by molar-refractivity contribution is 0.174. The van der Waals surface area contributed by atoms with Crippen molar-refractivity contribution in [3.63, 3.8) is 0 Å². The zero-order valence-electron chi connectivity index (χ0n) is 10.0. The predicted octanol–water partition coefficient (Wildman–Crippen LogP) is 1.23. The molecule has 0 fully saturated rings. The Morgan fingerprint density at radius 1 is 1.41 bits per heavy atom. The summed E-state index contributed by atoms with van der Waals surface area (Å²) in [6.07, 6.45) is 0.792. The molecule has 1 aliphatic rings. The van der Waals surface area contributed by atoms with Crippen LogP contribution in [0.1, 0.15) is 5.56 Å². The molecule has 0 unspecified atom stereocenters. The summed E-state index contributed by atoms with van der Waals surface area (Å²) in [6.45, 7) is 0.955. The highest BCUT2D eigenvalue weighted by Gasteiger charge is 2.13. The Morgan fingerprint density at radius 2 is 2.18 bits per heavy atom. The van der Waals surface area contributed by atoms with Crippen LogP contribution in [0.2, 0.25) is 0 Å². The third-order valence-electron chi connectivity index (χ3n) is 2.73. The number of nitrogens with zero attached hydrogens (tertiary/aromatic N) is 1. The van der Waals surface area contributed by atoms with Crippen molar-refractivity contribution in [2.75, 3.05) is 27.4 Å². The molecule has 0 spiro atoms. The molecule has 0 atom stereocenters. The second kappa shape index (κ2) is 4.95. The third kappa shape index (κ3) is 2.61. The van der Waals surface area contributed by atoms with Gasteiger partial charge in [0.15, 0.2) is 11.5 Å². The van der Waals surface area contributed by atoms with Gasteiger partial charge < -0.3 is 19.7 Å². The van der Waals surface area contributed by atoms with E-state index in [0.717, 1.165) is 23.5 Å². The lowest BCUT2D eigenvalue weighted by atomic mass is 10.1. The Hall–Kier alpha value is -1.91. The van der Waals surface area contributed by atoms with Crippen molar-refractivity contribution in [1.29, 1.82) is 0 Å². The van der Waals surface area contributed by atoms with Gasteiger partial charge in [0.25, 0.3) is 0 Å². The van der Waals surface area contributed by atoms with Crippen LogP contribution in [-0.4, -0.2) is 38.4 Å². The van der Waals surface area contributed by atoms with E-state index in [1.807, 2.05) is 18.2 Å². The van der Waals surface area contributed by atoms with Gasteiger partial charge in [-0.3, -0.25) is 0 Å². The first kappa shape index (κ1) is 11.6. The Labute approximate surface area is 100 Å². The van der Waals surface area contributed by atoms with Gasteiger partial charge in [-0.1, -0.05) is 6.07 Å². The molecule has 1 aromatic carbocycles. The standard InChI is InChI=1S/C12H16N2O3/c1-13-12(15)14(2)6-5-9-3-4-10-11(7-9)17-8-16-10/h3-4,7H,5-6,8H2,1-2H3,(H,13,15). The van der Waals surface area contributed by atoms with Crippen molar-refractivity contribution in [3.8, 4) is 11.5 Å². The lowest BCUT2D eigenvalue weighted by Crippen LogP contribution is -2.36. The first-order chi connectivity index (χ1) is 8.20. The van der Waals surface area contributed by atoms with Crippen molar-refractivity contribution < 1.29 is 14.3 Å². The SMILES string of the molecule is CNC(=O)N(C)CCc1ccc2c(c1)OCO2. The molecule has 92 valence electrons. The summed E-state index contributed by atoms with van der Waals surface area (Å²) in [7, 11) is 3.39. The predicted molar refractivity (Wildman–Crippen MR) is 63.4 cm³/mol. The minimum absolute atomic E-state index is 0.0780. The minimum atomic E-state index is -0.0780. The number of rotatable bonds is 3. The molecule has 0 aromatic heterocycles. The van der Waals surface area contributed by atoms with Crippen LogP contribution in [0.4, 0.5) is 4.79 Å². The molecule has 1 aromatic rings. The lowest BCUT2D eigenvalue weighted by Gasteiger charge is -2.16. The van der Waals surface area contributed by atoms with Gasteiger partial charge in [0.05, 0.1) is 0 Å². The molecule has 0 bridgehead atoms. The fourth-order valence-electron chi connectivity index (χ4n) is 1.69. The molecule has 0 aliphatic carbocycles. The summed E-state index contributed by atoms with van der Waals surface area (Å²) < 4.78 is 10.5. The number of nitrogens with one attached hydrogen (secondary N) is 1. The maximum Gasteiger partial charge on any atom is 0.316 e. The Kier molecular flexibility index (Phi) is 3.37. The quantitative estimate of drug-likeness (QED) is 0.858. The first-order valence-corrected chi connectivity index (χ1v) is 5.52. The summed E-state index contributed by atoms with van der Waals surface area (Å²) in [5, 5.41) is 2.58. The van der Waals surface area contributed by atoms with Crippen molar-refractivity contribution >= 4 is 6.03 Å². The normalized spacial score (nSPS) is 12.4. The molecule has 1 N–H and O–H groups in total. The van der Waals surface area contributed by atoms with E-state index in [1.54, 1.807) is 19.0 Å². The van der Waals surface area contributed by atoms with E-state index in [4.69, 9.17) is 9.47 Å². The van der Waals surface area contributed by atoms with Gasteiger partial charge in [-0.05, 0) is 24.1 Å². The van der Waals surface area contributed by atoms with Crippen molar-refractivity contribution in [3.05, 3.63) is 23.8 Å². The summed E-state index contributed by atoms with van der Waals surface area (Å²) in [4.78, 5) is 12.9. The Balaban J connectivity index is 1.93. The number of amides is 2. The molecule has 2 amide bonds. The number of hydrogen-bond acceptors (Lipinski definition) is 3. The van der Waals surface area contributed by atoms with Gasteiger partial charge >= 0.3 is 6.03 Å². The van der Waals surface area contributed by atoms with Gasteiger partial charge in [-0.15, -0.1) is 0 Å². The maximum atomic E-state index is 11.3.